The summed E-state index contributed by atoms with van der Waals surface area (Å²) in [6.45, 7) is 3.83. The van der Waals surface area contributed by atoms with Crippen molar-refractivity contribution in [3.05, 3.63) is 12.7 Å². The van der Waals surface area contributed by atoms with Gasteiger partial charge in [0, 0.05) is 6.04 Å². The molecule has 0 aliphatic heterocycles. The van der Waals surface area contributed by atoms with Crippen molar-refractivity contribution >= 4 is 0 Å². The number of likely N-dealkylation sites (N-methyl/N-ethyl adjacent to an activating group) is 1. The average Bonchev–Trinajstić information content (AvgIpc) is 2.16. The summed E-state index contributed by atoms with van der Waals surface area (Å²) >= 11 is 0. The minimum Gasteiger partial charge on any atom is -0.314 e. The Bertz CT molecular complexity index is 125. The van der Waals surface area contributed by atoms with Gasteiger partial charge in [-0.25, -0.2) is 0 Å². The second kappa shape index (κ2) is 5.36. The lowest BCUT2D eigenvalue weighted by atomic mass is 9.85. The largest absolute Gasteiger partial charge is 0.314 e. The van der Waals surface area contributed by atoms with Crippen LogP contribution in [0.4, 0.5) is 0 Å². The van der Waals surface area contributed by atoms with Gasteiger partial charge in [-0.2, -0.15) is 0 Å². The quantitative estimate of drug-likeness (QED) is 0.635. The van der Waals surface area contributed by atoms with Crippen molar-refractivity contribution in [3.8, 4) is 0 Å². The van der Waals surface area contributed by atoms with Crippen molar-refractivity contribution < 1.29 is 0 Å². The van der Waals surface area contributed by atoms with Crippen LogP contribution in [0.2, 0.25) is 0 Å². The van der Waals surface area contributed by atoms with Gasteiger partial charge in [0.1, 0.15) is 0 Å². The van der Waals surface area contributed by atoms with Gasteiger partial charge in [0.15, 0.2) is 0 Å². The third kappa shape index (κ3) is 2.98. The number of nitrogens with one attached hydrogen (secondary N) is 1. The Kier molecular flexibility index (Phi) is 4.37. The van der Waals surface area contributed by atoms with Gasteiger partial charge in [0.2, 0.25) is 0 Å². The highest BCUT2D eigenvalue weighted by Crippen LogP contribution is 2.27. The molecule has 1 fully saturated rings. The number of hydrogen-bond donors (Lipinski definition) is 1. The molecule has 0 radical (unpaired) electrons. The Labute approximate surface area is 76.2 Å². The summed E-state index contributed by atoms with van der Waals surface area (Å²) in [6, 6.07) is 0.535. The first-order valence-electron chi connectivity index (χ1n) is 5.16. The minimum atomic E-state index is 0.535. The molecule has 1 N–H and O–H groups in total. The molecule has 0 aromatic heterocycles. The van der Waals surface area contributed by atoms with Gasteiger partial charge in [-0.15, -0.1) is 6.58 Å². The highest BCUT2D eigenvalue weighted by molar-refractivity contribution is 4.86. The highest BCUT2D eigenvalue weighted by atomic mass is 14.9. The van der Waals surface area contributed by atoms with E-state index in [9.17, 15) is 0 Å². The van der Waals surface area contributed by atoms with Crippen LogP contribution in [0.5, 0.6) is 0 Å². The third-order valence-electron chi connectivity index (χ3n) is 2.97. The molecule has 0 spiro atoms. The van der Waals surface area contributed by atoms with Gasteiger partial charge in [0.25, 0.3) is 0 Å². The van der Waals surface area contributed by atoms with E-state index in [1.807, 2.05) is 13.1 Å². The van der Waals surface area contributed by atoms with E-state index in [2.05, 4.69) is 11.9 Å². The van der Waals surface area contributed by atoms with Crippen molar-refractivity contribution in [1.82, 2.24) is 5.32 Å². The van der Waals surface area contributed by atoms with Crippen LogP contribution in [-0.2, 0) is 0 Å². The zero-order valence-corrected chi connectivity index (χ0v) is 8.18. The van der Waals surface area contributed by atoms with E-state index in [-0.39, 0.29) is 0 Å². The fraction of sp³-hybridized carbons (Fsp3) is 0.818. The summed E-state index contributed by atoms with van der Waals surface area (Å²) in [4.78, 5) is 0. The van der Waals surface area contributed by atoms with Crippen molar-refractivity contribution in [2.45, 2.75) is 44.6 Å². The van der Waals surface area contributed by atoms with E-state index in [0.29, 0.717) is 6.04 Å². The summed E-state index contributed by atoms with van der Waals surface area (Å²) < 4.78 is 0. The van der Waals surface area contributed by atoms with Crippen LogP contribution in [0.3, 0.4) is 0 Å². The zero-order chi connectivity index (χ0) is 8.81. The monoisotopic (exact) mass is 167 g/mol. The summed E-state index contributed by atoms with van der Waals surface area (Å²) in [5.74, 6) is 0.953. The first kappa shape index (κ1) is 9.79. The van der Waals surface area contributed by atoms with Crippen LogP contribution in [0, 0.1) is 5.92 Å². The molecule has 0 unspecified atom stereocenters. The second-order valence-electron chi connectivity index (χ2n) is 3.87. The normalized spacial score (nSPS) is 22.1. The summed E-state index contributed by atoms with van der Waals surface area (Å²) in [5, 5.41) is 3.28. The van der Waals surface area contributed by atoms with Gasteiger partial charge < -0.3 is 5.32 Å². The Morgan fingerprint density at radius 3 is 2.58 bits per heavy atom. The Balaban J connectivity index is 2.22. The molecule has 12 heavy (non-hydrogen) atoms. The van der Waals surface area contributed by atoms with Crippen LogP contribution < -0.4 is 5.32 Å². The summed E-state index contributed by atoms with van der Waals surface area (Å²) in [7, 11) is 2.02. The smallest absolute Gasteiger partial charge is 0.0247 e. The predicted molar refractivity (Wildman–Crippen MR) is 54.2 cm³/mol. The molecule has 1 nitrogen and oxygen atoms in total. The van der Waals surface area contributed by atoms with Gasteiger partial charge in [0.05, 0.1) is 0 Å². The summed E-state index contributed by atoms with van der Waals surface area (Å²) in [5.41, 5.74) is 0. The maximum absolute atomic E-state index is 3.83. The highest BCUT2D eigenvalue weighted by Gasteiger charge is 2.15. The molecular weight excluding hydrogens is 146 g/mol. The van der Waals surface area contributed by atoms with Crippen LogP contribution in [-0.4, -0.2) is 13.1 Å². The van der Waals surface area contributed by atoms with E-state index < -0.39 is 0 Å². The molecular formula is C11H21N. The molecule has 0 aromatic carbocycles. The SMILES string of the molecule is C=C[C@@H](CC1CCCCC1)NC. The molecule has 1 aliphatic carbocycles. The maximum atomic E-state index is 3.83. The van der Waals surface area contributed by atoms with E-state index in [1.165, 1.54) is 38.5 Å². The molecule has 0 saturated heterocycles. The van der Waals surface area contributed by atoms with Crippen molar-refractivity contribution in [1.29, 1.82) is 0 Å². The van der Waals surface area contributed by atoms with E-state index >= 15 is 0 Å². The summed E-state index contributed by atoms with van der Waals surface area (Å²) in [6.07, 6.45) is 10.5. The molecule has 0 heterocycles. The van der Waals surface area contributed by atoms with Crippen molar-refractivity contribution in [3.63, 3.8) is 0 Å². The maximum Gasteiger partial charge on any atom is 0.0247 e. The van der Waals surface area contributed by atoms with Gasteiger partial charge in [-0.1, -0.05) is 38.2 Å². The molecule has 1 saturated carbocycles. The Hall–Kier alpha value is -0.300. The zero-order valence-electron chi connectivity index (χ0n) is 8.18. The topological polar surface area (TPSA) is 12.0 Å². The number of rotatable bonds is 4. The average molecular weight is 167 g/mol. The van der Waals surface area contributed by atoms with E-state index in [4.69, 9.17) is 0 Å². The molecule has 0 aromatic rings. The molecule has 1 aliphatic rings. The molecule has 1 heteroatoms. The molecule has 1 rings (SSSR count). The predicted octanol–water partition coefficient (Wildman–Crippen LogP) is 2.73. The van der Waals surface area contributed by atoms with Crippen molar-refractivity contribution in [2.24, 2.45) is 5.92 Å². The molecule has 1 atom stereocenters. The standard InChI is InChI=1S/C11H21N/c1-3-11(12-2)9-10-7-5-4-6-8-10/h3,10-12H,1,4-9H2,2H3/t11-/m0/s1. The van der Waals surface area contributed by atoms with Gasteiger partial charge in [-0.05, 0) is 19.4 Å². The van der Waals surface area contributed by atoms with Crippen LogP contribution in [0.15, 0.2) is 12.7 Å². The molecule has 70 valence electrons. The van der Waals surface area contributed by atoms with Crippen LogP contribution in [0.25, 0.3) is 0 Å². The van der Waals surface area contributed by atoms with Crippen molar-refractivity contribution in [2.75, 3.05) is 7.05 Å². The van der Waals surface area contributed by atoms with Crippen LogP contribution in [0.1, 0.15) is 38.5 Å². The van der Waals surface area contributed by atoms with E-state index in [0.717, 1.165) is 5.92 Å². The second-order valence-corrected chi connectivity index (χ2v) is 3.87. The first-order valence-corrected chi connectivity index (χ1v) is 5.16. The van der Waals surface area contributed by atoms with Gasteiger partial charge in [-0.3, -0.25) is 0 Å². The third-order valence-corrected chi connectivity index (χ3v) is 2.97. The lowest BCUT2D eigenvalue weighted by Gasteiger charge is -2.24. The van der Waals surface area contributed by atoms with Crippen LogP contribution >= 0.6 is 0 Å². The molecule has 0 bridgehead atoms. The fourth-order valence-corrected chi connectivity index (χ4v) is 2.11. The van der Waals surface area contributed by atoms with Gasteiger partial charge >= 0.3 is 0 Å². The lowest BCUT2D eigenvalue weighted by molar-refractivity contribution is 0.320. The number of hydrogen-bond acceptors (Lipinski definition) is 1. The first-order chi connectivity index (χ1) is 5.86. The molecule has 0 amide bonds. The Morgan fingerprint density at radius 1 is 1.42 bits per heavy atom. The Morgan fingerprint density at radius 2 is 2.08 bits per heavy atom. The lowest BCUT2D eigenvalue weighted by Crippen LogP contribution is -2.26. The fourth-order valence-electron chi connectivity index (χ4n) is 2.11. The minimum absolute atomic E-state index is 0.535. The van der Waals surface area contributed by atoms with E-state index in [1.54, 1.807) is 0 Å².